The van der Waals surface area contributed by atoms with Crippen LogP contribution in [-0.2, 0) is 7.05 Å². The molecular weight excluding hydrogens is 314 g/mol. The number of aryl methyl sites for hydroxylation is 1. The predicted octanol–water partition coefficient (Wildman–Crippen LogP) is 2.73. The van der Waals surface area contributed by atoms with E-state index in [1.165, 1.54) is 0 Å². The summed E-state index contributed by atoms with van der Waals surface area (Å²) in [7, 11) is 7.45. The van der Waals surface area contributed by atoms with Crippen LogP contribution < -0.4 is 20.2 Å². The van der Waals surface area contributed by atoms with E-state index < -0.39 is 0 Å². The highest BCUT2D eigenvalue weighted by molar-refractivity contribution is 6.04. The van der Waals surface area contributed by atoms with Gasteiger partial charge in [-0.25, -0.2) is 4.98 Å². The maximum atomic E-state index is 12.9. The summed E-state index contributed by atoms with van der Waals surface area (Å²) in [6.45, 7) is 0. The molecule has 0 fully saturated rings. The van der Waals surface area contributed by atoms with Crippen molar-refractivity contribution in [1.29, 1.82) is 0 Å². The lowest BCUT2D eigenvalue weighted by atomic mass is 10.1. The fourth-order valence-electron chi connectivity index (χ4n) is 3.29. The zero-order chi connectivity index (χ0) is 17.7. The van der Waals surface area contributed by atoms with E-state index in [0.29, 0.717) is 5.39 Å². The number of H-pyrrole nitrogens is 1. The summed E-state index contributed by atoms with van der Waals surface area (Å²) < 4.78 is 7.01. The molecule has 2 heterocycles. The standard InChI is InChI=1S/C20H19N3O2/c1-22(2)13-5-7-15-18(11-13)23(3)20(24)16-10-12-9-14(25-4)6-8-17(12)21-19(15)16/h5-11H,1-4H3/p+1. The fraction of sp³-hybridized carbons (Fsp3) is 0.200. The van der Waals surface area contributed by atoms with Crippen LogP contribution in [-0.4, -0.2) is 25.8 Å². The van der Waals surface area contributed by atoms with E-state index in [1.807, 2.05) is 56.4 Å². The summed E-state index contributed by atoms with van der Waals surface area (Å²) in [6.07, 6.45) is 0. The summed E-state index contributed by atoms with van der Waals surface area (Å²) in [5.41, 5.74) is 3.79. The number of benzene rings is 2. The first kappa shape index (κ1) is 15.4. The number of aromatic nitrogens is 2. The molecule has 0 bridgehead atoms. The van der Waals surface area contributed by atoms with Gasteiger partial charge in [-0.15, -0.1) is 0 Å². The van der Waals surface area contributed by atoms with Crippen molar-refractivity contribution >= 4 is 38.4 Å². The van der Waals surface area contributed by atoms with Gasteiger partial charge in [-0.05, 0) is 36.4 Å². The Morgan fingerprint density at radius 1 is 1.04 bits per heavy atom. The number of hydrogen-bond donors (Lipinski definition) is 0. The van der Waals surface area contributed by atoms with E-state index in [9.17, 15) is 4.79 Å². The van der Waals surface area contributed by atoms with E-state index in [4.69, 9.17) is 4.74 Å². The minimum absolute atomic E-state index is 0.0145. The van der Waals surface area contributed by atoms with Crippen LogP contribution in [0.3, 0.4) is 0 Å². The molecule has 0 atom stereocenters. The van der Waals surface area contributed by atoms with Gasteiger partial charge in [0.05, 0.1) is 23.4 Å². The molecule has 0 unspecified atom stereocenters. The summed E-state index contributed by atoms with van der Waals surface area (Å²) in [4.78, 5) is 18.4. The quantitative estimate of drug-likeness (QED) is 0.418. The molecule has 5 nitrogen and oxygen atoms in total. The normalized spacial score (nSPS) is 11.4. The van der Waals surface area contributed by atoms with Crippen molar-refractivity contribution in [3.8, 4) is 5.75 Å². The predicted molar refractivity (Wildman–Crippen MR) is 102 cm³/mol. The Labute approximate surface area is 145 Å². The molecule has 0 radical (unpaired) electrons. The van der Waals surface area contributed by atoms with Crippen LogP contribution in [0, 0.1) is 0 Å². The minimum atomic E-state index is -0.0145. The van der Waals surface area contributed by atoms with Crippen molar-refractivity contribution < 1.29 is 9.72 Å². The van der Waals surface area contributed by atoms with E-state index in [-0.39, 0.29) is 5.56 Å². The van der Waals surface area contributed by atoms with Gasteiger partial charge in [-0.3, -0.25) is 4.79 Å². The molecule has 0 aliphatic heterocycles. The second-order valence-corrected chi connectivity index (χ2v) is 6.47. The van der Waals surface area contributed by atoms with Crippen molar-refractivity contribution in [3.63, 3.8) is 0 Å². The van der Waals surface area contributed by atoms with Crippen LogP contribution in [0.5, 0.6) is 5.75 Å². The lowest BCUT2D eigenvalue weighted by Crippen LogP contribution is -2.21. The zero-order valence-electron chi connectivity index (χ0n) is 14.8. The highest BCUT2D eigenvalue weighted by Crippen LogP contribution is 2.26. The first-order chi connectivity index (χ1) is 12.0. The van der Waals surface area contributed by atoms with Crippen LogP contribution in [0.25, 0.3) is 32.7 Å². The molecule has 0 saturated heterocycles. The number of hydrogen-bond acceptors (Lipinski definition) is 3. The Hall–Kier alpha value is -3.08. The third kappa shape index (κ3) is 2.31. The SMILES string of the molecule is COc1ccc2[nH+]c3c(cc2c1)c(=O)n(C)c1cc(N(C)C)ccc31. The van der Waals surface area contributed by atoms with Crippen LogP contribution >= 0.6 is 0 Å². The van der Waals surface area contributed by atoms with Gasteiger partial charge in [0.1, 0.15) is 11.1 Å². The Morgan fingerprint density at radius 3 is 2.56 bits per heavy atom. The van der Waals surface area contributed by atoms with Gasteiger partial charge in [-0.1, -0.05) is 0 Å². The average Bonchev–Trinajstić information content (AvgIpc) is 2.63. The van der Waals surface area contributed by atoms with Gasteiger partial charge < -0.3 is 14.2 Å². The molecule has 0 spiro atoms. The van der Waals surface area contributed by atoms with Gasteiger partial charge in [0.25, 0.3) is 5.56 Å². The molecule has 5 heteroatoms. The number of aromatic amines is 1. The van der Waals surface area contributed by atoms with Gasteiger partial charge in [0, 0.05) is 32.9 Å². The number of nitrogens with zero attached hydrogens (tertiary/aromatic N) is 2. The first-order valence-electron chi connectivity index (χ1n) is 8.13. The summed E-state index contributed by atoms with van der Waals surface area (Å²) in [6, 6.07) is 13.9. The van der Waals surface area contributed by atoms with Gasteiger partial charge in [-0.2, -0.15) is 0 Å². The summed E-state index contributed by atoms with van der Waals surface area (Å²) >= 11 is 0. The number of pyridine rings is 2. The van der Waals surface area contributed by atoms with E-state index >= 15 is 0 Å². The number of rotatable bonds is 2. The van der Waals surface area contributed by atoms with Crippen LogP contribution in [0.2, 0.25) is 0 Å². The topological polar surface area (TPSA) is 48.6 Å². The Kier molecular flexibility index (Phi) is 3.39. The minimum Gasteiger partial charge on any atom is -0.497 e. The number of ether oxygens (including phenoxy) is 1. The molecule has 4 aromatic rings. The third-order valence-corrected chi connectivity index (χ3v) is 4.75. The zero-order valence-corrected chi connectivity index (χ0v) is 14.8. The maximum absolute atomic E-state index is 12.9. The molecule has 1 N–H and O–H groups in total. The second-order valence-electron chi connectivity index (χ2n) is 6.47. The molecule has 0 aliphatic rings. The Morgan fingerprint density at radius 2 is 1.84 bits per heavy atom. The monoisotopic (exact) mass is 334 g/mol. The summed E-state index contributed by atoms with van der Waals surface area (Å²) in [5, 5.41) is 2.65. The van der Waals surface area contributed by atoms with E-state index in [2.05, 4.69) is 17.1 Å². The number of methoxy groups -OCH3 is 1. The van der Waals surface area contributed by atoms with Crippen molar-refractivity contribution in [2.45, 2.75) is 0 Å². The molecule has 2 aromatic heterocycles. The molecule has 0 saturated carbocycles. The Balaban J connectivity index is 2.16. The molecular formula is C20H20N3O2+. The number of nitrogens with one attached hydrogen (secondary N) is 1. The fourth-order valence-corrected chi connectivity index (χ4v) is 3.29. The van der Waals surface area contributed by atoms with Gasteiger partial charge in [0.2, 0.25) is 11.0 Å². The van der Waals surface area contributed by atoms with Crippen molar-refractivity contribution in [2.75, 3.05) is 26.1 Å². The van der Waals surface area contributed by atoms with Crippen molar-refractivity contribution in [3.05, 3.63) is 52.8 Å². The average molecular weight is 334 g/mol. The van der Waals surface area contributed by atoms with E-state index in [0.717, 1.165) is 38.8 Å². The molecule has 0 amide bonds. The molecule has 4 rings (SSSR count). The third-order valence-electron chi connectivity index (χ3n) is 4.75. The lowest BCUT2D eigenvalue weighted by molar-refractivity contribution is -0.309. The van der Waals surface area contributed by atoms with Gasteiger partial charge >= 0.3 is 0 Å². The Bertz CT molecular complexity index is 1190. The van der Waals surface area contributed by atoms with Gasteiger partial charge in [0.15, 0.2) is 0 Å². The van der Waals surface area contributed by atoms with Crippen molar-refractivity contribution in [2.24, 2.45) is 7.05 Å². The molecule has 2 aromatic carbocycles. The highest BCUT2D eigenvalue weighted by Gasteiger charge is 2.17. The maximum Gasteiger partial charge on any atom is 0.264 e. The van der Waals surface area contributed by atoms with Crippen LogP contribution in [0.4, 0.5) is 5.69 Å². The van der Waals surface area contributed by atoms with Crippen LogP contribution in [0.1, 0.15) is 0 Å². The lowest BCUT2D eigenvalue weighted by Gasteiger charge is -2.14. The number of fused-ring (bicyclic) bond motifs is 4. The first-order valence-corrected chi connectivity index (χ1v) is 8.13. The van der Waals surface area contributed by atoms with E-state index in [1.54, 1.807) is 11.7 Å². The summed E-state index contributed by atoms with van der Waals surface area (Å²) in [5.74, 6) is 0.772. The second kappa shape index (κ2) is 5.48. The smallest absolute Gasteiger partial charge is 0.264 e. The highest BCUT2D eigenvalue weighted by atomic mass is 16.5. The largest absolute Gasteiger partial charge is 0.497 e. The molecule has 0 aliphatic carbocycles. The molecule has 126 valence electrons. The van der Waals surface area contributed by atoms with Crippen LogP contribution in [0.15, 0.2) is 47.3 Å². The van der Waals surface area contributed by atoms with Crippen molar-refractivity contribution in [1.82, 2.24) is 4.57 Å². The molecule has 25 heavy (non-hydrogen) atoms. The number of anilines is 1.